The number of guanidine groups is 1. The van der Waals surface area contributed by atoms with E-state index >= 15 is 0 Å². The van der Waals surface area contributed by atoms with Crippen LogP contribution in [0.4, 0.5) is 0 Å². The SMILES string of the molecule is CCNC(=NCC(C)c1ccc(C)cc1)NCCCNC(=O)C1CCC1.I. The van der Waals surface area contributed by atoms with Crippen LogP contribution in [0.1, 0.15) is 56.6 Å². The number of aliphatic imine (C=N–C) groups is 1. The Morgan fingerprint density at radius 1 is 1.15 bits per heavy atom. The highest BCUT2D eigenvalue weighted by atomic mass is 127. The number of hydrogen-bond donors (Lipinski definition) is 3. The van der Waals surface area contributed by atoms with Gasteiger partial charge in [0.15, 0.2) is 5.96 Å². The third kappa shape index (κ3) is 8.49. The minimum absolute atomic E-state index is 0. The van der Waals surface area contributed by atoms with E-state index in [4.69, 9.17) is 4.99 Å². The highest BCUT2D eigenvalue weighted by Crippen LogP contribution is 2.26. The summed E-state index contributed by atoms with van der Waals surface area (Å²) in [4.78, 5) is 16.5. The van der Waals surface area contributed by atoms with Gasteiger partial charge in [0.2, 0.25) is 5.91 Å². The molecular weight excluding hydrogens is 451 g/mol. The topological polar surface area (TPSA) is 65.5 Å². The van der Waals surface area contributed by atoms with Crippen LogP contribution in [0, 0.1) is 12.8 Å². The first-order valence-electron chi connectivity index (χ1n) is 9.96. The number of amides is 1. The normalized spacial score (nSPS) is 15.3. The van der Waals surface area contributed by atoms with Crippen molar-refractivity contribution in [3.05, 3.63) is 35.4 Å². The maximum atomic E-state index is 11.8. The molecule has 27 heavy (non-hydrogen) atoms. The maximum Gasteiger partial charge on any atom is 0.223 e. The van der Waals surface area contributed by atoms with E-state index in [1.165, 1.54) is 17.5 Å². The van der Waals surface area contributed by atoms with Crippen molar-refractivity contribution in [3.63, 3.8) is 0 Å². The van der Waals surface area contributed by atoms with Gasteiger partial charge in [0.05, 0.1) is 0 Å². The van der Waals surface area contributed by atoms with Crippen LogP contribution in [-0.4, -0.2) is 38.0 Å². The van der Waals surface area contributed by atoms with Crippen molar-refractivity contribution in [1.82, 2.24) is 16.0 Å². The molecule has 0 radical (unpaired) electrons. The van der Waals surface area contributed by atoms with Crippen LogP contribution in [0.3, 0.4) is 0 Å². The number of carbonyl (C=O) groups excluding carboxylic acids is 1. The van der Waals surface area contributed by atoms with E-state index in [9.17, 15) is 4.79 Å². The van der Waals surface area contributed by atoms with Crippen LogP contribution >= 0.6 is 24.0 Å². The quantitative estimate of drug-likeness (QED) is 0.217. The first kappa shape index (κ1) is 23.7. The summed E-state index contributed by atoms with van der Waals surface area (Å²) >= 11 is 0. The van der Waals surface area contributed by atoms with Crippen molar-refractivity contribution in [2.45, 2.75) is 52.4 Å². The Morgan fingerprint density at radius 2 is 1.81 bits per heavy atom. The molecule has 0 saturated heterocycles. The third-order valence-corrected chi connectivity index (χ3v) is 4.94. The van der Waals surface area contributed by atoms with Crippen LogP contribution in [0.15, 0.2) is 29.3 Å². The fourth-order valence-electron chi connectivity index (χ4n) is 2.89. The molecule has 0 aliphatic heterocycles. The van der Waals surface area contributed by atoms with Gasteiger partial charge in [0.1, 0.15) is 0 Å². The number of rotatable bonds is 9. The summed E-state index contributed by atoms with van der Waals surface area (Å²) in [7, 11) is 0. The number of nitrogens with zero attached hydrogens (tertiary/aromatic N) is 1. The maximum absolute atomic E-state index is 11.8. The average molecular weight is 486 g/mol. The summed E-state index contributed by atoms with van der Waals surface area (Å²) in [6, 6.07) is 8.66. The monoisotopic (exact) mass is 486 g/mol. The number of carbonyl (C=O) groups is 1. The summed E-state index contributed by atoms with van der Waals surface area (Å²) in [6.07, 6.45) is 4.21. The summed E-state index contributed by atoms with van der Waals surface area (Å²) in [6.45, 7) is 9.48. The van der Waals surface area contributed by atoms with Crippen LogP contribution in [0.25, 0.3) is 0 Å². The molecule has 1 aromatic rings. The molecule has 3 N–H and O–H groups in total. The lowest BCUT2D eigenvalue weighted by atomic mass is 9.85. The van der Waals surface area contributed by atoms with Crippen molar-refractivity contribution in [3.8, 4) is 0 Å². The molecule has 2 rings (SSSR count). The van der Waals surface area contributed by atoms with Crippen molar-refractivity contribution >= 4 is 35.8 Å². The molecule has 1 saturated carbocycles. The highest BCUT2D eigenvalue weighted by Gasteiger charge is 2.24. The van der Waals surface area contributed by atoms with E-state index in [2.05, 4.69) is 61.0 Å². The fourth-order valence-corrected chi connectivity index (χ4v) is 2.89. The zero-order valence-electron chi connectivity index (χ0n) is 16.9. The second kappa shape index (κ2) is 13.0. The number of aryl methyl sites for hydroxylation is 1. The van der Waals surface area contributed by atoms with Crippen molar-refractivity contribution in [2.24, 2.45) is 10.9 Å². The second-order valence-corrected chi connectivity index (χ2v) is 7.23. The van der Waals surface area contributed by atoms with Gasteiger partial charge in [-0.3, -0.25) is 9.79 Å². The molecule has 0 aromatic heterocycles. The van der Waals surface area contributed by atoms with Gasteiger partial charge < -0.3 is 16.0 Å². The molecule has 1 aromatic carbocycles. The zero-order chi connectivity index (χ0) is 18.8. The minimum atomic E-state index is 0. The molecule has 0 bridgehead atoms. The van der Waals surface area contributed by atoms with E-state index < -0.39 is 0 Å². The molecular formula is C21H35IN4O. The van der Waals surface area contributed by atoms with Gasteiger partial charge >= 0.3 is 0 Å². The molecule has 0 heterocycles. The molecule has 0 spiro atoms. The van der Waals surface area contributed by atoms with Gasteiger partial charge in [-0.05, 0) is 38.7 Å². The molecule has 1 aliphatic rings. The molecule has 1 unspecified atom stereocenters. The van der Waals surface area contributed by atoms with Crippen LogP contribution in [-0.2, 0) is 4.79 Å². The largest absolute Gasteiger partial charge is 0.357 e. The van der Waals surface area contributed by atoms with Gasteiger partial charge in [0.25, 0.3) is 0 Å². The molecule has 1 fully saturated rings. The Kier molecular flexibility index (Phi) is 11.4. The van der Waals surface area contributed by atoms with Gasteiger partial charge in [-0.15, -0.1) is 24.0 Å². The summed E-state index contributed by atoms with van der Waals surface area (Å²) < 4.78 is 0. The minimum Gasteiger partial charge on any atom is -0.357 e. The first-order chi connectivity index (χ1) is 12.6. The number of benzene rings is 1. The first-order valence-corrected chi connectivity index (χ1v) is 9.96. The smallest absolute Gasteiger partial charge is 0.223 e. The number of hydrogen-bond acceptors (Lipinski definition) is 2. The van der Waals surface area contributed by atoms with E-state index in [1.54, 1.807) is 0 Å². The van der Waals surface area contributed by atoms with E-state index in [0.29, 0.717) is 5.92 Å². The molecule has 1 aliphatic carbocycles. The Labute approximate surface area is 181 Å². The summed E-state index contributed by atoms with van der Waals surface area (Å²) in [5.41, 5.74) is 2.60. The third-order valence-electron chi connectivity index (χ3n) is 4.94. The van der Waals surface area contributed by atoms with Gasteiger partial charge in [-0.25, -0.2) is 0 Å². The van der Waals surface area contributed by atoms with E-state index in [-0.39, 0.29) is 35.8 Å². The lowest BCUT2D eigenvalue weighted by molar-refractivity contribution is -0.127. The van der Waals surface area contributed by atoms with Crippen LogP contribution in [0.5, 0.6) is 0 Å². The predicted octanol–water partition coefficient (Wildman–Crippen LogP) is 3.58. The highest BCUT2D eigenvalue weighted by molar-refractivity contribution is 14.0. The molecule has 1 atom stereocenters. The molecule has 6 heteroatoms. The predicted molar refractivity (Wildman–Crippen MR) is 124 cm³/mol. The van der Waals surface area contributed by atoms with Crippen LogP contribution < -0.4 is 16.0 Å². The lowest BCUT2D eigenvalue weighted by Crippen LogP contribution is -2.40. The van der Waals surface area contributed by atoms with Crippen molar-refractivity contribution in [2.75, 3.05) is 26.2 Å². The molecule has 1 amide bonds. The average Bonchev–Trinajstić information content (AvgIpc) is 2.58. The Bertz CT molecular complexity index is 584. The van der Waals surface area contributed by atoms with E-state index in [1.807, 2.05) is 0 Å². The molecule has 5 nitrogen and oxygen atoms in total. The number of halogens is 1. The van der Waals surface area contributed by atoms with E-state index in [0.717, 1.165) is 51.4 Å². The van der Waals surface area contributed by atoms with Gasteiger partial charge in [-0.1, -0.05) is 43.2 Å². The lowest BCUT2D eigenvalue weighted by Gasteiger charge is -2.24. The Hall–Kier alpha value is -1.31. The number of nitrogens with one attached hydrogen (secondary N) is 3. The van der Waals surface area contributed by atoms with Crippen molar-refractivity contribution in [1.29, 1.82) is 0 Å². The summed E-state index contributed by atoms with van der Waals surface area (Å²) in [5, 5.41) is 9.67. The molecule has 152 valence electrons. The van der Waals surface area contributed by atoms with Gasteiger partial charge in [0, 0.05) is 38.0 Å². The summed E-state index contributed by atoms with van der Waals surface area (Å²) in [5.74, 6) is 1.72. The Morgan fingerprint density at radius 3 is 2.41 bits per heavy atom. The fraction of sp³-hybridized carbons (Fsp3) is 0.619. The zero-order valence-corrected chi connectivity index (χ0v) is 19.2. The van der Waals surface area contributed by atoms with Gasteiger partial charge in [-0.2, -0.15) is 0 Å². The van der Waals surface area contributed by atoms with Crippen molar-refractivity contribution < 1.29 is 4.79 Å². The Balaban J connectivity index is 0.00000364. The second-order valence-electron chi connectivity index (χ2n) is 7.23. The standard InChI is InChI=1S/C21H34N4O.HI/c1-4-22-21(24-14-6-13-23-20(26)19-7-5-8-19)25-15-17(3)18-11-9-16(2)10-12-18;/h9-12,17,19H,4-8,13-15H2,1-3H3,(H,23,26)(H2,22,24,25);1H. The van der Waals surface area contributed by atoms with Crippen LogP contribution in [0.2, 0.25) is 0 Å².